The topological polar surface area (TPSA) is 56.6 Å². The van der Waals surface area contributed by atoms with Crippen molar-refractivity contribution in [3.8, 4) is 6.07 Å². The van der Waals surface area contributed by atoms with E-state index >= 15 is 0 Å². The standard InChI is InChI=1S/C13H14N2O/c14-7-10-6-9-5-8-3-1-2-4-11(8)12(9)15-13(10)16/h6,8,11H,1-5H2,(H,15,16). The van der Waals surface area contributed by atoms with Crippen LogP contribution < -0.4 is 5.56 Å². The summed E-state index contributed by atoms with van der Waals surface area (Å²) in [5.41, 5.74) is 2.37. The van der Waals surface area contributed by atoms with E-state index in [1.807, 2.05) is 6.07 Å². The maximum Gasteiger partial charge on any atom is 0.266 e. The van der Waals surface area contributed by atoms with Gasteiger partial charge in [-0.25, -0.2) is 0 Å². The second-order valence-corrected chi connectivity index (χ2v) is 4.92. The van der Waals surface area contributed by atoms with Gasteiger partial charge in [0, 0.05) is 11.6 Å². The average Bonchev–Trinajstić information content (AvgIpc) is 2.66. The average molecular weight is 214 g/mol. The zero-order valence-corrected chi connectivity index (χ0v) is 9.12. The zero-order chi connectivity index (χ0) is 11.1. The number of nitrogens with zero attached hydrogens (tertiary/aromatic N) is 1. The smallest absolute Gasteiger partial charge is 0.266 e. The summed E-state index contributed by atoms with van der Waals surface area (Å²) < 4.78 is 0. The summed E-state index contributed by atoms with van der Waals surface area (Å²) in [5, 5.41) is 8.84. The summed E-state index contributed by atoms with van der Waals surface area (Å²) in [6.07, 6.45) is 6.08. The second-order valence-electron chi connectivity index (χ2n) is 4.92. The van der Waals surface area contributed by atoms with Crippen molar-refractivity contribution in [1.82, 2.24) is 4.98 Å². The molecule has 2 aliphatic rings. The van der Waals surface area contributed by atoms with E-state index in [4.69, 9.17) is 5.26 Å². The molecule has 1 saturated carbocycles. The molecule has 0 saturated heterocycles. The van der Waals surface area contributed by atoms with Crippen LogP contribution in [-0.4, -0.2) is 4.98 Å². The van der Waals surface area contributed by atoms with Gasteiger partial charge in [0.05, 0.1) is 0 Å². The number of nitrogens with one attached hydrogen (secondary N) is 1. The molecule has 2 atom stereocenters. The van der Waals surface area contributed by atoms with Gasteiger partial charge in [0.25, 0.3) is 5.56 Å². The lowest BCUT2D eigenvalue weighted by Gasteiger charge is -2.24. The molecule has 2 unspecified atom stereocenters. The highest BCUT2D eigenvalue weighted by molar-refractivity contribution is 5.38. The lowest BCUT2D eigenvalue weighted by molar-refractivity contribution is 0.327. The van der Waals surface area contributed by atoms with Crippen molar-refractivity contribution in [2.45, 2.75) is 38.0 Å². The van der Waals surface area contributed by atoms with Crippen LogP contribution in [0.5, 0.6) is 0 Å². The van der Waals surface area contributed by atoms with Crippen LogP contribution in [0.3, 0.4) is 0 Å². The highest BCUT2D eigenvalue weighted by atomic mass is 16.1. The Bertz CT molecular complexity index is 524. The number of H-pyrrole nitrogens is 1. The van der Waals surface area contributed by atoms with E-state index in [0.717, 1.165) is 12.1 Å². The Morgan fingerprint density at radius 1 is 1.38 bits per heavy atom. The molecule has 1 N–H and O–H groups in total. The molecular weight excluding hydrogens is 200 g/mol. The third-order valence-corrected chi connectivity index (χ3v) is 4.04. The van der Waals surface area contributed by atoms with Crippen molar-refractivity contribution >= 4 is 0 Å². The lowest BCUT2D eigenvalue weighted by atomic mass is 9.81. The van der Waals surface area contributed by atoms with Crippen LogP contribution in [0, 0.1) is 17.2 Å². The molecule has 1 fully saturated rings. The molecule has 3 nitrogen and oxygen atoms in total. The minimum Gasteiger partial charge on any atom is -0.325 e. The number of hydrogen-bond acceptors (Lipinski definition) is 2. The molecule has 16 heavy (non-hydrogen) atoms. The second kappa shape index (κ2) is 3.48. The van der Waals surface area contributed by atoms with Gasteiger partial charge >= 0.3 is 0 Å². The molecule has 82 valence electrons. The fourth-order valence-corrected chi connectivity index (χ4v) is 3.28. The summed E-state index contributed by atoms with van der Waals surface area (Å²) in [5.74, 6) is 1.25. The van der Waals surface area contributed by atoms with E-state index in [1.54, 1.807) is 6.07 Å². The maximum atomic E-state index is 11.6. The molecule has 3 rings (SSSR count). The number of fused-ring (bicyclic) bond motifs is 3. The summed E-state index contributed by atoms with van der Waals surface area (Å²) in [6.45, 7) is 0. The summed E-state index contributed by atoms with van der Waals surface area (Å²) in [4.78, 5) is 14.5. The first-order valence-electron chi connectivity index (χ1n) is 5.96. The third kappa shape index (κ3) is 1.30. The summed E-state index contributed by atoms with van der Waals surface area (Å²) >= 11 is 0. The number of rotatable bonds is 0. The van der Waals surface area contributed by atoms with Crippen LogP contribution >= 0.6 is 0 Å². The molecule has 1 aromatic rings. The minimum atomic E-state index is -0.215. The van der Waals surface area contributed by atoms with E-state index < -0.39 is 0 Å². The SMILES string of the molecule is N#Cc1cc2c([nH]c1=O)C1CCCCC1C2. The maximum absolute atomic E-state index is 11.6. The first-order chi connectivity index (χ1) is 7.79. The first-order valence-corrected chi connectivity index (χ1v) is 5.96. The molecule has 0 bridgehead atoms. The van der Waals surface area contributed by atoms with Gasteiger partial charge < -0.3 is 4.98 Å². The predicted octanol–water partition coefficient (Wildman–Crippen LogP) is 2.08. The molecule has 1 aromatic heterocycles. The predicted molar refractivity (Wildman–Crippen MR) is 60.2 cm³/mol. The number of aromatic nitrogens is 1. The Balaban J connectivity index is 2.09. The number of hydrogen-bond donors (Lipinski definition) is 1. The highest BCUT2D eigenvalue weighted by Gasteiger charge is 2.35. The van der Waals surface area contributed by atoms with E-state index in [0.29, 0.717) is 11.8 Å². The molecule has 0 radical (unpaired) electrons. The number of nitriles is 1. The highest BCUT2D eigenvalue weighted by Crippen LogP contribution is 2.45. The Hall–Kier alpha value is -1.56. The van der Waals surface area contributed by atoms with Gasteiger partial charge in [-0.15, -0.1) is 0 Å². The van der Waals surface area contributed by atoms with Gasteiger partial charge in [-0.2, -0.15) is 5.26 Å². The minimum absolute atomic E-state index is 0.215. The van der Waals surface area contributed by atoms with Gasteiger partial charge in [0.2, 0.25) is 0 Å². The van der Waals surface area contributed by atoms with Crippen LogP contribution in [0.1, 0.15) is 48.4 Å². The Labute approximate surface area is 94.1 Å². The largest absolute Gasteiger partial charge is 0.325 e. The summed E-state index contributed by atoms with van der Waals surface area (Å²) in [6, 6.07) is 3.76. The third-order valence-electron chi connectivity index (χ3n) is 4.04. The van der Waals surface area contributed by atoms with Crippen molar-refractivity contribution in [3.05, 3.63) is 33.2 Å². The quantitative estimate of drug-likeness (QED) is 0.718. The first kappa shape index (κ1) is 9.65. The molecule has 0 amide bonds. The monoisotopic (exact) mass is 214 g/mol. The lowest BCUT2D eigenvalue weighted by Crippen LogP contribution is -2.17. The number of aromatic amines is 1. The molecule has 3 heteroatoms. The van der Waals surface area contributed by atoms with Gasteiger partial charge in [0.1, 0.15) is 11.6 Å². The van der Waals surface area contributed by atoms with Crippen LogP contribution in [0.15, 0.2) is 10.9 Å². The van der Waals surface area contributed by atoms with Crippen LogP contribution in [0.25, 0.3) is 0 Å². The van der Waals surface area contributed by atoms with Gasteiger partial charge in [0.15, 0.2) is 0 Å². The van der Waals surface area contributed by atoms with Gasteiger partial charge in [-0.05, 0) is 36.8 Å². The fraction of sp³-hybridized carbons (Fsp3) is 0.538. The van der Waals surface area contributed by atoms with Gasteiger partial charge in [-0.3, -0.25) is 4.79 Å². The molecular formula is C13H14N2O. The van der Waals surface area contributed by atoms with Gasteiger partial charge in [-0.1, -0.05) is 12.8 Å². The molecule has 0 aliphatic heterocycles. The van der Waals surface area contributed by atoms with Crippen molar-refractivity contribution in [2.75, 3.05) is 0 Å². The molecule has 0 spiro atoms. The zero-order valence-electron chi connectivity index (χ0n) is 9.12. The van der Waals surface area contributed by atoms with Crippen LogP contribution in [0.2, 0.25) is 0 Å². The van der Waals surface area contributed by atoms with E-state index in [-0.39, 0.29) is 11.1 Å². The van der Waals surface area contributed by atoms with Crippen molar-refractivity contribution in [3.63, 3.8) is 0 Å². The van der Waals surface area contributed by atoms with Crippen molar-refractivity contribution < 1.29 is 0 Å². The van der Waals surface area contributed by atoms with E-state index in [1.165, 1.54) is 31.2 Å². The Morgan fingerprint density at radius 2 is 2.19 bits per heavy atom. The summed E-state index contributed by atoms with van der Waals surface area (Å²) in [7, 11) is 0. The Morgan fingerprint density at radius 3 is 3.00 bits per heavy atom. The molecule has 1 heterocycles. The van der Waals surface area contributed by atoms with Crippen LogP contribution in [0.4, 0.5) is 0 Å². The van der Waals surface area contributed by atoms with Crippen LogP contribution in [-0.2, 0) is 6.42 Å². The molecule has 0 aromatic carbocycles. The fourth-order valence-electron chi connectivity index (χ4n) is 3.28. The van der Waals surface area contributed by atoms with E-state index in [9.17, 15) is 4.79 Å². The van der Waals surface area contributed by atoms with E-state index in [2.05, 4.69) is 4.98 Å². The molecule has 2 aliphatic carbocycles. The number of pyridine rings is 1. The normalized spacial score (nSPS) is 26.9. The Kier molecular flexibility index (Phi) is 2.10. The van der Waals surface area contributed by atoms with Crippen molar-refractivity contribution in [2.24, 2.45) is 5.92 Å². The van der Waals surface area contributed by atoms with Crippen molar-refractivity contribution in [1.29, 1.82) is 5.26 Å².